The molecule has 2 unspecified atom stereocenters. The van der Waals surface area contributed by atoms with E-state index in [9.17, 15) is 4.79 Å². The van der Waals surface area contributed by atoms with Gasteiger partial charge in [-0.15, -0.1) is 0 Å². The highest BCUT2D eigenvalue weighted by atomic mass is 16.5. The van der Waals surface area contributed by atoms with E-state index in [1.165, 1.54) is 56.9 Å². The van der Waals surface area contributed by atoms with Gasteiger partial charge in [0.05, 0.1) is 6.04 Å². The van der Waals surface area contributed by atoms with Crippen LogP contribution in [0.5, 0.6) is 0 Å². The molecule has 43 heavy (non-hydrogen) atoms. The van der Waals surface area contributed by atoms with E-state index < -0.39 is 5.76 Å². The fraction of sp³-hybridized carbons (Fsp3) is 0.606. The van der Waals surface area contributed by atoms with E-state index in [-0.39, 0.29) is 17.9 Å². The molecule has 4 heterocycles. The van der Waals surface area contributed by atoms with Crippen molar-refractivity contribution in [2.75, 3.05) is 16.8 Å². The predicted molar refractivity (Wildman–Crippen MR) is 168 cm³/mol. The van der Waals surface area contributed by atoms with Gasteiger partial charge >= 0.3 is 5.76 Å². The molecule has 2 aliphatic carbocycles. The largest absolute Gasteiger partial charge is 0.439 e. The molecule has 4 aromatic rings. The summed E-state index contributed by atoms with van der Waals surface area (Å²) in [5.74, 6) is 4.10. The van der Waals surface area contributed by atoms with Crippen LogP contribution in [0, 0.1) is 23.7 Å². The fourth-order valence-corrected chi connectivity index (χ4v) is 7.56. The summed E-state index contributed by atoms with van der Waals surface area (Å²) in [4.78, 5) is 32.2. The first-order chi connectivity index (χ1) is 20.9. The number of H-pyrrole nitrogens is 1. The lowest BCUT2D eigenvalue weighted by atomic mass is 9.80. The number of nitrogens with zero attached hydrogens (tertiary/aromatic N) is 6. The van der Waals surface area contributed by atoms with Crippen LogP contribution in [0.1, 0.15) is 90.2 Å². The maximum Gasteiger partial charge on any atom is 0.439 e. The van der Waals surface area contributed by atoms with Crippen molar-refractivity contribution in [3.8, 4) is 11.6 Å². The van der Waals surface area contributed by atoms with Gasteiger partial charge in [0.2, 0.25) is 17.6 Å². The van der Waals surface area contributed by atoms with Crippen LogP contribution in [0.2, 0.25) is 0 Å². The molecule has 228 valence electrons. The Hall–Kier alpha value is -3.69. The lowest BCUT2D eigenvalue weighted by Crippen LogP contribution is -2.40. The average molecular weight is 585 g/mol. The van der Waals surface area contributed by atoms with Crippen LogP contribution >= 0.6 is 0 Å². The van der Waals surface area contributed by atoms with Crippen LogP contribution in [-0.4, -0.2) is 42.2 Å². The molecule has 2 N–H and O–H groups in total. The van der Waals surface area contributed by atoms with Crippen molar-refractivity contribution in [1.29, 1.82) is 0 Å². The van der Waals surface area contributed by atoms with Crippen molar-refractivity contribution >= 4 is 22.9 Å². The van der Waals surface area contributed by atoms with E-state index in [0.29, 0.717) is 29.2 Å². The minimum atomic E-state index is -0.623. The Morgan fingerprint density at radius 2 is 1.79 bits per heavy atom. The van der Waals surface area contributed by atoms with Crippen LogP contribution < -0.4 is 16.0 Å². The number of hydrogen-bond donors (Lipinski definition) is 2. The monoisotopic (exact) mass is 584 g/mol. The molecular formula is C33H44N8O2. The van der Waals surface area contributed by atoms with Gasteiger partial charge in [0, 0.05) is 19.1 Å². The number of nitrogens with one attached hydrogen (secondary N) is 2. The van der Waals surface area contributed by atoms with Gasteiger partial charge in [-0.2, -0.15) is 4.98 Å². The standard InChI is InChI=1S/C33H44N8O2/c1-20-14-16-23(17-15-20)19-41-27-28(34-22(3)24-12-7-13-24)35-30(31-38-33(42)43-39-31)36-29(27)37-32(41)40-18-8-9-21(2)26(40)25-10-5-4-6-11-25/h4-6,10-11,20-24,26H,7-9,12-19H2,1-3H3,(H,34,35,36)(H,38,39,42)/t20-,21?,22-,23-,26?/m1/s1. The zero-order chi connectivity index (χ0) is 29.5. The molecule has 1 aromatic carbocycles. The molecule has 3 atom stereocenters. The van der Waals surface area contributed by atoms with Crippen molar-refractivity contribution in [3.63, 3.8) is 0 Å². The SMILES string of the molecule is CC1CCCN(c2nc3nc(-c4noc(=O)[nH]4)nc(N[C@H](C)C4CCC4)c3n2C[C@H]2CC[C@H](C)CC2)C1c1ccccc1. The quantitative estimate of drug-likeness (QED) is 0.239. The van der Waals surface area contributed by atoms with Gasteiger partial charge in [-0.25, -0.2) is 14.8 Å². The van der Waals surface area contributed by atoms with Crippen molar-refractivity contribution in [1.82, 2.24) is 29.7 Å². The Labute approximate surface area is 252 Å². The Balaban J connectivity index is 1.39. The highest BCUT2D eigenvalue weighted by Crippen LogP contribution is 2.42. The van der Waals surface area contributed by atoms with Gasteiger partial charge in [0.15, 0.2) is 11.5 Å². The lowest BCUT2D eigenvalue weighted by Gasteiger charge is -2.41. The molecule has 0 bridgehead atoms. The van der Waals surface area contributed by atoms with E-state index in [4.69, 9.17) is 19.5 Å². The molecule has 2 saturated carbocycles. The molecule has 0 spiro atoms. The van der Waals surface area contributed by atoms with Crippen LogP contribution in [0.15, 0.2) is 39.6 Å². The van der Waals surface area contributed by atoms with Crippen LogP contribution in [0.4, 0.5) is 11.8 Å². The number of rotatable bonds is 8. The van der Waals surface area contributed by atoms with Gasteiger partial charge < -0.3 is 14.8 Å². The molecule has 1 saturated heterocycles. The van der Waals surface area contributed by atoms with E-state index in [1.807, 2.05) is 0 Å². The first kappa shape index (κ1) is 28.1. The zero-order valence-electron chi connectivity index (χ0n) is 25.6. The highest BCUT2D eigenvalue weighted by Gasteiger charge is 2.35. The number of imidazole rings is 1. The molecule has 3 aromatic heterocycles. The summed E-state index contributed by atoms with van der Waals surface area (Å²) in [7, 11) is 0. The summed E-state index contributed by atoms with van der Waals surface area (Å²) in [6.45, 7) is 8.82. The molecule has 1 aliphatic heterocycles. The average Bonchev–Trinajstić information content (AvgIpc) is 3.57. The maximum absolute atomic E-state index is 11.9. The number of aromatic nitrogens is 6. The Morgan fingerprint density at radius 3 is 2.49 bits per heavy atom. The summed E-state index contributed by atoms with van der Waals surface area (Å²) < 4.78 is 7.26. The number of fused-ring (bicyclic) bond motifs is 1. The van der Waals surface area contributed by atoms with Gasteiger partial charge in [0.1, 0.15) is 5.52 Å². The fourth-order valence-electron chi connectivity index (χ4n) is 7.56. The van der Waals surface area contributed by atoms with Crippen LogP contribution in [0.25, 0.3) is 22.8 Å². The van der Waals surface area contributed by atoms with E-state index in [0.717, 1.165) is 42.7 Å². The van der Waals surface area contributed by atoms with Gasteiger partial charge in [-0.1, -0.05) is 68.6 Å². The van der Waals surface area contributed by atoms with E-state index in [1.54, 1.807) is 0 Å². The third-order valence-corrected chi connectivity index (χ3v) is 10.4. The summed E-state index contributed by atoms with van der Waals surface area (Å²) in [6.07, 6.45) is 11.0. The summed E-state index contributed by atoms with van der Waals surface area (Å²) in [5.41, 5.74) is 2.89. The van der Waals surface area contributed by atoms with Crippen molar-refractivity contribution in [2.24, 2.45) is 23.7 Å². The van der Waals surface area contributed by atoms with E-state index in [2.05, 4.69) is 76.0 Å². The first-order valence-electron chi connectivity index (χ1n) is 16.4. The number of anilines is 2. The first-order valence-corrected chi connectivity index (χ1v) is 16.4. The summed E-state index contributed by atoms with van der Waals surface area (Å²) in [6, 6.07) is 11.4. The molecule has 0 amide bonds. The number of benzene rings is 1. The molecule has 0 radical (unpaired) electrons. The molecule has 10 heteroatoms. The van der Waals surface area contributed by atoms with Gasteiger partial charge in [-0.3, -0.25) is 9.51 Å². The van der Waals surface area contributed by atoms with Crippen molar-refractivity contribution in [3.05, 3.63) is 46.4 Å². The Bertz CT molecular complexity index is 1600. The number of piperidine rings is 1. The van der Waals surface area contributed by atoms with E-state index >= 15 is 0 Å². The molecule has 10 nitrogen and oxygen atoms in total. The Morgan fingerprint density at radius 1 is 1.00 bits per heavy atom. The molecule has 3 aliphatic rings. The molecule has 7 rings (SSSR count). The number of aromatic amines is 1. The highest BCUT2D eigenvalue weighted by molar-refractivity contribution is 5.87. The minimum Gasteiger partial charge on any atom is -0.365 e. The topological polar surface area (TPSA) is 118 Å². The number of hydrogen-bond acceptors (Lipinski definition) is 8. The third kappa shape index (κ3) is 5.56. The van der Waals surface area contributed by atoms with Crippen LogP contribution in [0.3, 0.4) is 0 Å². The smallest absolute Gasteiger partial charge is 0.365 e. The minimum absolute atomic E-state index is 0.220. The molecular weight excluding hydrogens is 540 g/mol. The molecule has 3 fully saturated rings. The van der Waals surface area contributed by atoms with Gasteiger partial charge in [-0.05, 0) is 74.7 Å². The third-order valence-electron chi connectivity index (χ3n) is 10.4. The second-order valence-corrected chi connectivity index (χ2v) is 13.5. The van der Waals surface area contributed by atoms with Gasteiger partial charge in [0.25, 0.3) is 0 Å². The predicted octanol–water partition coefficient (Wildman–Crippen LogP) is 6.57. The zero-order valence-corrected chi connectivity index (χ0v) is 25.6. The Kier molecular flexibility index (Phi) is 7.69. The lowest BCUT2D eigenvalue weighted by molar-refractivity contribution is 0.264. The van der Waals surface area contributed by atoms with Crippen molar-refractivity contribution in [2.45, 2.75) is 97.2 Å². The van der Waals surface area contributed by atoms with Crippen LogP contribution in [-0.2, 0) is 6.54 Å². The summed E-state index contributed by atoms with van der Waals surface area (Å²) >= 11 is 0. The normalized spacial score (nSPS) is 25.5. The summed E-state index contributed by atoms with van der Waals surface area (Å²) in [5, 5.41) is 7.69. The second-order valence-electron chi connectivity index (χ2n) is 13.5. The van der Waals surface area contributed by atoms with Crippen molar-refractivity contribution < 1.29 is 4.52 Å². The maximum atomic E-state index is 11.9. The second kappa shape index (κ2) is 11.8.